The van der Waals surface area contributed by atoms with Gasteiger partial charge in [0.25, 0.3) is 11.8 Å². The van der Waals surface area contributed by atoms with E-state index < -0.39 is 46.2 Å². The van der Waals surface area contributed by atoms with Gasteiger partial charge in [-0.1, -0.05) is 23.9 Å². The number of carbonyl (C=O) groups excluding carboxylic acids is 5. The van der Waals surface area contributed by atoms with Crippen molar-refractivity contribution in [2.24, 2.45) is 0 Å². The lowest BCUT2D eigenvalue weighted by Crippen LogP contribution is -2.63. The number of ether oxygens (including phenoxy) is 4. The molecule has 1 heterocycles. The van der Waals surface area contributed by atoms with Gasteiger partial charge in [-0.05, 0) is 72.3 Å². The Kier molecular flexibility index (Phi) is 11.9. The van der Waals surface area contributed by atoms with E-state index in [0.717, 1.165) is 16.7 Å². The normalized spacial score (nSPS) is 13.8. The Labute approximate surface area is 243 Å². The molecule has 13 heteroatoms. The number of hydrogen-bond acceptors (Lipinski definition) is 11. The van der Waals surface area contributed by atoms with Crippen LogP contribution in [0.4, 0.5) is 4.79 Å². The lowest BCUT2D eigenvalue weighted by atomic mass is 9.91. The molecule has 0 aliphatic carbocycles. The summed E-state index contributed by atoms with van der Waals surface area (Å²) in [5.74, 6) is -3.00. The quantitative estimate of drug-likeness (QED) is 0.124. The van der Waals surface area contributed by atoms with Gasteiger partial charge in [-0.2, -0.15) is 0 Å². The van der Waals surface area contributed by atoms with Crippen molar-refractivity contribution in [1.82, 2.24) is 10.2 Å². The van der Waals surface area contributed by atoms with Gasteiger partial charge in [0.2, 0.25) is 9.92 Å². The van der Waals surface area contributed by atoms with Crippen molar-refractivity contribution in [2.75, 3.05) is 26.4 Å². The van der Waals surface area contributed by atoms with Crippen LogP contribution < -0.4 is 5.32 Å². The van der Waals surface area contributed by atoms with E-state index in [1.165, 1.54) is 0 Å². The van der Waals surface area contributed by atoms with Crippen LogP contribution in [0.25, 0.3) is 0 Å². The molecule has 1 unspecified atom stereocenters. The van der Waals surface area contributed by atoms with E-state index >= 15 is 0 Å². The monoisotopic (exact) mass is 596 g/mol. The van der Waals surface area contributed by atoms with Crippen molar-refractivity contribution >= 4 is 58.2 Å². The first-order chi connectivity index (χ1) is 18.8. The maximum Gasteiger partial charge on any atom is 0.409 e. The van der Waals surface area contributed by atoms with Gasteiger partial charge < -0.3 is 18.9 Å². The average Bonchev–Trinajstić information content (AvgIpc) is 3.10. The van der Waals surface area contributed by atoms with Crippen LogP contribution in [0.1, 0.15) is 75.1 Å². The first-order valence-corrected chi connectivity index (χ1v) is 14.2. The fourth-order valence-corrected chi connectivity index (χ4v) is 5.48. The summed E-state index contributed by atoms with van der Waals surface area (Å²) in [6.45, 7) is 9.80. The van der Waals surface area contributed by atoms with Crippen LogP contribution in [-0.2, 0) is 28.5 Å². The van der Waals surface area contributed by atoms with Crippen LogP contribution in [0.3, 0.4) is 0 Å². The molecule has 0 radical (unpaired) electrons. The largest absolute Gasteiger partial charge is 0.479 e. The highest BCUT2D eigenvalue weighted by molar-refractivity contribution is 8.23. The zero-order valence-corrected chi connectivity index (χ0v) is 25.2. The van der Waals surface area contributed by atoms with E-state index in [1.807, 2.05) is 0 Å². The van der Waals surface area contributed by atoms with Crippen LogP contribution in [-0.4, -0.2) is 81.9 Å². The van der Waals surface area contributed by atoms with Crippen LogP contribution in [0, 0.1) is 0 Å². The number of nitrogens with one attached hydrogen (secondary N) is 1. The van der Waals surface area contributed by atoms with E-state index in [-0.39, 0.29) is 43.6 Å². The number of benzene rings is 1. The second-order valence-electron chi connectivity index (χ2n) is 9.70. The Balaban J connectivity index is 2.44. The highest BCUT2D eigenvalue weighted by Gasteiger charge is 2.53. The second-order valence-corrected chi connectivity index (χ2v) is 11.6. The van der Waals surface area contributed by atoms with Gasteiger partial charge in [0.1, 0.15) is 5.60 Å². The predicted octanol–water partition coefficient (Wildman–Crippen LogP) is 3.88. The lowest BCUT2D eigenvalue weighted by Gasteiger charge is -2.34. The standard InChI is InChI=1S/C27H36N2O9S2/c1-7-35-22(32)27(23(33)36-8-2,28-24(34)38-26(4,5)6)16-17(40-25(39)37-9-3)14-15-29-20(30)18-12-10-11-13-19(18)21(29)31/h10-13,17H,7-9,14-16H2,1-6H3,(H,28,34). The minimum atomic E-state index is -2.31. The molecule has 1 aromatic carbocycles. The zero-order chi connectivity index (χ0) is 30.1. The smallest absolute Gasteiger partial charge is 0.409 e. The minimum absolute atomic E-state index is 0.0487. The summed E-state index contributed by atoms with van der Waals surface area (Å²) >= 11 is 6.34. The number of esters is 2. The van der Waals surface area contributed by atoms with Gasteiger partial charge in [0, 0.05) is 18.2 Å². The third-order valence-corrected chi connectivity index (χ3v) is 7.03. The minimum Gasteiger partial charge on any atom is -0.479 e. The van der Waals surface area contributed by atoms with E-state index in [2.05, 4.69) is 5.32 Å². The van der Waals surface area contributed by atoms with Crippen molar-refractivity contribution in [1.29, 1.82) is 0 Å². The maximum absolute atomic E-state index is 13.4. The van der Waals surface area contributed by atoms with E-state index in [0.29, 0.717) is 11.1 Å². The zero-order valence-electron chi connectivity index (χ0n) is 23.6. The molecule has 1 atom stereocenters. The molecule has 0 bridgehead atoms. The third kappa shape index (κ3) is 8.40. The van der Waals surface area contributed by atoms with Crippen LogP contribution >= 0.6 is 24.0 Å². The number of rotatable bonds is 12. The number of fused-ring (bicyclic) bond motifs is 1. The molecule has 0 saturated heterocycles. The predicted molar refractivity (Wildman–Crippen MR) is 152 cm³/mol. The maximum atomic E-state index is 13.4. The number of thioether (sulfide) groups is 1. The molecule has 1 aliphatic rings. The highest BCUT2D eigenvalue weighted by Crippen LogP contribution is 2.31. The summed E-state index contributed by atoms with van der Waals surface area (Å²) in [5.41, 5.74) is -2.66. The fraction of sp³-hybridized carbons (Fsp3) is 0.556. The molecule has 1 aliphatic heterocycles. The fourth-order valence-electron chi connectivity index (χ4n) is 3.94. The highest BCUT2D eigenvalue weighted by atomic mass is 32.2. The number of nitrogens with zero attached hydrogens (tertiary/aromatic N) is 1. The van der Waals surface area contributed by atoms with Crippen molar-refractivity contribution in [3.63, 3.8) is 0 Å². The molecule has 0 spiro atoms. The topological polar surface area (TPSA) is 138 Å². The van der Waals surface area contributed by atoms with Gasteiger partial charge in [-0.3, -0.25) is 19.8 Å². The molecule has 0 saturated carbocycles. The van der Waals surface area contributed by atoms with Gasteiger partial charge in [0.15, 0.2) is 0 Å². The van der Waals surface area contributed by atoms with Gasteiger partial charge in [0.05, 0.1) is 30.9 Å². The van der Waals surface area contributed by atoms with E-state index in [1.54, 1.807) is 65.8 Å². The SMILES string of the molecule is CCOC(=O)C(CC(CCN1C(=O)c2ccccc2C1=O)SC(=S)OCC)(NC(=O)OC(C)(C)C)C(=O)OCC. The average molecular weight is 597 g/mol. The molecule has 11 nitrogen and oxygen atoms in total. The van der Waals surface area contributed by atoms with E-state index in [9.17, 15) is 24.0 Å². The number of imide groups is 1. The Morgan fingerprint density at radius 1 is 0.925 bits per heavy atom. The van der Waals surface area contributed by atoms with Crippen molar-refractivity contribution < 1.29 is 42.9 Å². The van der Waals surface area contributed by atoms with Crippen molar-refractivity contribution in [2.45, 2.75) is 70.8 Å². The molecule has 220 valence electrons. The van der Waals surface area contributed by atoms with Crippen molar-refractivity contribution in [3.8, 4) is 0 Å². The Morgan fingerprint density at radius 2 is 1.43 bits per heavy atom. The summed E-state index contributed by atoms with van der Waals surface area (Å²) in [4.78, 5) is 66.5. The summed E-state index contributed by atoms with van der Waals surface area (Å²) in [6.07, 6.45) is -1.30. The van der Waals surface area contributed by atoms with Crippen LogP contribution in [0.2, 0.25) is 0 Å². The van der Waals surface area contributed by atoms with Gasteiger partial charge >= 0.3 is 18.0 Å². The first kappa shape index (κ1) is 33.0. The molecule has 1 N–H and O–H groups in total. The summed E-state index contributed by atoms with van der Waals surface area (Å²) in [5, 5.41) is 1.68. The number of hydrogen-bond donors (Lipinski definition) is 1. The summed E-state index contributed by atoms with van der Waals surface area (Å²) < 4.78 is 21.3. The van der Waals surface area contributed by atoms with E-state index in [4.69, 9.17) is 31.2 Å². The number of amides is 3. The molecule has 1 aromatic rings. The molecular formula is C27H36N2O9S2. The van der Waals surface area contributed by atoms with Crippen LogP contribution in [0.5, 0.6) is 0 Å². The number of carbonyl (C=O) groups is 5. The molecule has 0 fully saturated rings. The second kappa shape index (κ2) is 14.4. The molecule has 40 heavy (non-hydrogen) atoms. The molecule has 0 aromatic heterocycles. The Morgan fingerprint density at radius 3 is 1.88 bits per heavy atom. The molecular weight excluding hydrogens is 560 g/mol. The van der Waals surface area contributed by atoms with Gasteiger partial charge in [-0.15, -0.1) is 0 Å². The lowest BCUT2D eigenvalue weighted by molar-refractivity contribution is -0.166. The molecule has 3 amide bonds. The Bertz CT molecular complexity index is 1080. The first-order valence-electron chi connectivity index (χ1n) is 12.9. The summed E-state index contributed by atoms with van der Waals surface area (Å²) in [7, 11) is 0. The summed E-state index contributed by atoms with van der Waals surface area (Å²) in [6, 6.07) is 6.48. The third-order valence-electron chi connectivity index (χ3n) is 5.57. The van der Waals surface area contributed by atoms with Gasteiger partial charge in [-0.25, -0.2) is 14.4 Å². The van der Waals surface area contributed by atoms with Crippen LogP contribution in [0.15, 0.2) is 24.3 Å². The van der Waals surface area contributed by atoms with Crippen molar-refractivity contribution in [3.05, 3.63) is 35.4 Å². The number of alkyl carbamates (subject to hydrolysis) is 1. The molecule has 2 rings (SSSR count). The Hall–Kier alpha value is -3.19. The number of thiocarbonyl (C=S) groups is 1.